The first-order chi connectivity index (χ1) is 7.81. The van der Waals surface area contributed by atoms with Crippen LogP contribution in [-0.2, 0) is 12.8 Å². The van der Waals surface area contributed by atoms with Gasteiger partial charge in [-0.15, -0.1) is 5.92 Å². The number of hydrogen-bond acceptors (Lipinski definition) is 1. The molecule has 0 aromatic heterocycles. The number of rotatable bonds is 2. The Morgan fingerprint density at radius 2 is 2.06 bits per heavy atom. The third kappa shape index (κ3) is 2.46. The van der Waals surface area contributed by atoms with Crippen LogP contribution in [0.2, 0.25) is 0 Å². The summed E-state index contributed by atoms with van der Waals surface area (Å²) in [6.45, 7) is 2.80. The second kappa shape index (κ2) is 5.18. The molecule has 1 aliphatic rings. The summed E-state index contributed by atoms with van der Waals surface area (Å²) in [5.74, 6) is 6.11. The van der Waals surface area contributed by atoms with Crippen molar-refractivity contribution >= 4 is 0 Å². The highest BCUT2D eigenvalue weighted by Gasteiger charge is 2.20. The molecule has 16 heavy (non-hydrogen) atoms. The highest BCUT2D eigenvalue weighted by molar-refractivity contribution is 5.30. The first-order valence-electron chi connectivity index (χ1n) is 5.98. The van der Waals surface area contributed by atoms with E-state index in [-0.39, 0.29) is 0 Å². The van der Waals surface area contributed by atoms with Gasteiger partial charge in [-0.05, 0) is 44.4 Å². The number of nitrogens with zero attached hydrogens (tertiary/aromatic N) is 1. The molecule has 1 unspecified atom stereocenters. The molecule has 1 aromatic carbocycles. The van der Waals surface area contributed by atoms with Gasteiger partial charge >= 0.3 is 0 Å². The fraction of sp³-hybridized carbons (Fsp3) is 0.467. The quantitative estimate of drug-likeness (QED) is 0.682. The molecule has 84 valence electrons. The molecule has 0 radical (unpaired) electrons. The van der Waals surface area contributed by atoms with E-state index in [0.29, 0.717) is 6.04 Å². The maximum absolute atomic E-state index is 3.15. The molecule has 0 saturated carbocycles. The molecule has 1 aromatic rings. The standard InChI is InChI=1S/C15H19N/c1-3-4-11-16(2)15-10-9-13-7-5-6-8-14(13)12-15/h5-8,15H,9-12H2,1-2H3. The second-order valence-corrected chi connectivity index (χ2v) is 4.51. The fourth-order valence-corrected chi connectivity index (χ4v) is 2.39. The molecule has 0 bridgehead atoms. The molecular formula is C15H19N. The van der Waals surface area contributed by atoms with Crippen LogP contribution in [-0.4, -0.2) is 24.5 Å². The molecule has 2 rings (SSSR count). The summed E-state index contributed by atoms with van der Waals surface area (Å²) in [5, 5.41) is 0. The Labute approximate surface area is 98.5 Å². The van der Waals surface area contributed by atoms with Gasteiger partial charge in [0.25, 0.3) is 0 Å². The van der Waals surface area contributed by atoms with E-state index in [1.807, 2.05) is 6.92 Å². The molecule has 1 atom stereocenters. The van der Waals surface area contributed by atoms with Gasteiger partial charge in [0.2, 0.25) is 0 Å². The van der Waals surface area contributed by atoms with Crippen LogP contribution in [0.25, 0.3) is 0 Å². The SMILES string of the molecule is CC#CCN(C)C1CCc2ccccc2C1. The van der Waals surface area contributed by atoms with Crippen molar-refractivity contribution in [3.63, 3.8) is 0 Å². The largest absolute Gasteiger partial charge is 0.292 e. The van der Waals surface area contributed by atoms with Crippen molar-refractivity contribution in [3.8, 4) is 11.8 Å². The van der Waals surface area contributed by atoms with Crippen molar-refractivity contribution < 1.29 is 0 Å². The van der Waals surface area contributed by atoms with E-state index in [2.05, 4.69) is 48.1 Å². The Kier molecular flexibility index (Phi) is 3.64. The van der Waals surface area contributed by atoms with Crippen molar-refractivity contribution in [1.29, 1.82) is 0 Å². The number of fused-ring (bicyclic) bond motifs is 1. The van der Waals surface area contributed by atoms with Crippen molar-refractivity contribution in [2.45, 2.75) is 32.2 Å². The van der Waals surface area contributed by atoms with Crippen LogP contribution in [0.15, 0.2) is 24.3 Å². The molecule has 0 spiro atoms. The molecular weight excluding hydrogens is 194 g/mol. The van der Waals surface area contributed by atoms with Gasteiger partial charge in [0.1, 0.15) is 0 Å². The Bertz CT molecular complexity index is 411. The van der Waals surface area contributed by atoms with E-state index >= 15 is 0 Å². The van der Waals surface area contributed by atoms with E-state index in [0.717, 1.165) is 6.54 Å². The molecule has 0 saturated heterocycles. The van der Waals surface area contributed by atoms with E-state index in [1.165, 1.54) is 30.4 Å². The number of aryl methyl sites for hydroxylation is 1. The van der Waals surface area contributed by atoms with Crippen molar-refractivity contribution in [2.24, 2.45) is 0 Å². The second-order valence-electron chi connectivity index (χ2n) is 4.51. The smallest absolute Gasteiger partial charge is 0.0601 e. The van der Waals surface area contributed by atoms with Gasteiger partial charge in [-0.2, -0.15) is 0 Å². The average molecular weight is 213 g/mol. The van der Waals surface area contributed by atoms with Gasteiger partial charge in [0, 0.05) is 6.04 Å². The summed E-state index contributed by atoms with van der Waals surface area (Å²) in [6.07, 6.45) is 3.65. The summed E-state index contributed by atoms with van der Waals surface area (Å²) >= 11 is 0. The third-order valence-corrected chi connectivity index (χ3v) is 3.45. The Hall–Kier alpha value is -1.26. The number of likely N-dealkylation sites (N-methyl/N-ethyl adjacent to an activating group) is 1. The molecule has 0 N–H and O–H groups in total. The zero-order valence-corrected chi connectivity index (χ0v) is 10.2. The monoisotopic (exact) mass is 213 g/mol. The van der Waals surface area contributed by atoms with Gasteiger partial charge in [-0.25, -0.2) is 0 Å². The van der Waals surface area contributed by atoms with Crippen LogP contribution in [0.5, 0.6) is 0 Å². The summed E-state index contributed by atoms with van der Waals surface area (Å²) < 4.78 is 0. The van der Waals surface area contributed by atoms with Gasteiger partial charge in [-0.1, -0.05) is 30.2 Å². The maximum atomic E-state index is 3.15. The third-order valence-electron chi connectivity index (χ3n) is 3.45. The van der Waals surface area contributed by atoms with E-state index in [4.69, 9.17) is 0 Å². The van der Waals surface area contributed by atoms with Crippen LogP contribution in [0, 0.1) is 11.8 Å². The van der Waals surface area contributed by atoms with Crippen LogP contribution in [0.3, 0.4) is 0 Å². The van der Waals surface area contributed by atoms with Crippen LogP contribution in [0.1, 0.15) is 24.5 Å². The van der Waals surface area contributed by atoms with E-state index in [9.17, 15) is 0 Å². The van der Waals surface area contributed by atoms with Crippen molar-refractivity contribution in [2.75, 3.05) is 13.6 Å². The zero-order chi connectivity index (χ0) is 11.4. The molecule has 1 aliphatic carbocycles. The van der Waals surface area contributed by atoms with Gasteiger partial charge in [-0.3, -0.25) is 4.90 Å². The lowest BCUT2D eigenvalue weighted by Gasteiger charge is -2.31. The lowest BCUT2D eigenvalue weighted by molar-refractivity contribution is 0.247. The Morgan fingerprint density at radius 1 is 1.31 bits per heavy atom. The average Bonchev–Trinajstić information content (AvgIpc) is 2.35. The van der Waals surface area contributed by atoms with Crippen molar-refractivity contribution in [3.05, 3.63) is 35.4 Å². The minimum Gasteiger partial charge on any atom is -0.292 e. The predicted molar refractivity (Wildman–Crippen MR) is 68.3 cm³/mol. The Balaban J connectivity index is 2.04. The van der Waals surface area contributed by atoms with Crippen LogP contribution >= 0.6 is 0 Å². The van der Waals surface area contributed by atoms with Crippen LogP contribution in [0.4, 0.5) is 0 Å². The Morgan fingerprint density at radius 3 is 2.81 bits per heavy atom. The lowest BCUT2D eigenvalue weighted by Crippen LogP contribution is -2.36. The normalized spacial score (nSPS) is 18.8. The topological polar surface area (TPSA) is 3.24 Å². The predicted octanol–water partition coefficient (Wildman–Crippen LogP) is 2.50. The minimum atomic E-state index is 0.663. The highest BCUT2D eigenvalue weighted by Crippen LogP contribution is 2.23. The molecule has 0 aliphatic heterocycles. The van der Waals surface area contributed by atoms with E-state index < -0.39 is 0 Å². The number of hydrogen-bond donors (Lipinski definition) is 0. The van der Waals surface area contributed by atoms with E-state index in [1.54, 1.807) is 0 Å². The maximum Gasteiger partial charge on any atom is 0.0601 e. The summed E-state index contributed by atoms with van der Waals surface area (Å²) in [4.78, 5) is 2.38. The van der Waals surface area contributed by atoms with Crippen molar-refractivity contribution in [1.82, 2.24) is 4.90 Å². The van der Waals surface area contributed by atoms with Gasteiger partial charge in [0.15, 0.2) is 0 Å². The molecule has 0 heterocycles. The highest BCUT2D eigenvalue weighted by atomic mass is 15.1. The molecule has 1 heteroatoms. The zero-order valence-electron chi connectivity index (χ0n) is 10.2. The lowest BCUT2D eigenvalue weighted by atomic mass is 9.88. The fourth-order valence-electron chi connectivity index (χ4n) is 2.39. The first kappa shape index (κ1) is 11.2. The van der Waals surface area contributed by atoms with Crippen LogP contribution < -0.4 is 0 Å². The van der Waals surface area contributed by atoms with Gasteiger partial charge in [0.05, 0.1) is 6.54 Å². The van der Waals surface area contributed by atoms with Gasteiger partial charge < -0.3 is 0 Å². The molecule has 1 nitrogen and oxygen atoms in total. The number of benzene rings is 1. The molecule has 0 amide bonds. The summed E-state index contributed by atoms with van der Waals surface area (Å²) in [5.41, 5.74) is 3.06. The minimum absolute atomic E-state index is 0.663. The summed E-state index contributed by atoms with van der Waals surface area (Å²) in [7, 11) is 2.18. The summed E-state index contributed by atoms with van der Waals surface area (Å²) in [6, 6.07) is 9.48. The molecule has 0 fully saturated rings. The first-order valence-corrected chi connectivity index (χ1v) is 5.98.